The summed E-state index contributed by atoms with van der Waals surface area (Å²) in [5, 5.41) is 0. The Morgan fingerprint density at radius 1 is 1.24 bits per heavy atom. The van der Waals surface area contributed by atoms with E-state index < -0.39 is 0 Å². The summed E-state index contributed by atoms with van der Waals surface area (Å²) >= 11 is 0. The van der Waals surface area contributed by atoms with Crippen molar-refractivity contribution >= 4 is 5.97 Å². The van der Waals surface area contributed by atoms with Crippen molar-refractivity contribution in [2.75, 3.05) is 6.61 Å². The molecular weight excluding hydrogens is 212 g/mol. The first kappa shape index (κ1) is 16.2. The highest BCUT2D eigenvalue weighted by molar-refractivity contribution is 5.65. The Labute approximate surface area is 106 Å². The van der Waals surface area contributed by atoms with E-state index in [4.69, 9.17) is 4.74 Å². The number of carbonyl (C=O) groups excluding carboxylic acids is 1. The third kappa shape index (κ3) is 8.96. The van der Waals surface area contributed by atoms with Crippen LogP contribution >= 0.6 is 0 Å². The van der Waals surface area contributed by atoms with Gasteiger partial charge in [0.15, 0.2) is 0 Å². The van der Waals surface area contributed by atoms with Gasteiger partial charge >= 0.3 is 5.97 Å². The zero-order valence-electron chi connectivity index (χ0n) is 11.9. The quantitative estimate of drug-likeness (QED) is 0.337. The van der Waals surface area contributed by atoms with Crippen molar-refractivity contribution < 1.29 is 9.53 Å². The highest BCUT2D eigenvalue weighted by atomic mass is 16.5. The van der Waals surface area contributed by atoms with Crippen LogP contribution in [0, 0.1) is 5.92 Å². The van der Waals surface area contributed by atoms with Gasteiger partial charge in [0.2, 0.25) is 0 Å². The first-order chi connectivity index (χ1) is 8.11. The lowest BCUT2D eigenvalue weighted by Crippen LogP contribution is -2.08. The molecule has 0 aromatic rings. The molecule has 0 aliphatic rings. The number of allylic oxidation sites excluding steroid dienone is 2. The molecule has 2 nitrogen and oxygen atoms in total. The Hall–Kier alpha value is -0.790. The van der Waals surface area contributed by atoms with Gasteiger partial charge in [-0.25, -0.2) is 0 Å². The van der Waals surface area contributed by atoms with Gasteiger partial charge in [-0.15, -0.1) is 0 Å². The molecule has 0 aromatic heterocycles. The zero-order valence-corrected chi connectivity index (χ0v) is 11.9. The van der Waals surface area contributed by atoms with Crippen LogP contribution in [0.2, 0.25) is 0 Å². The standard InChI is InChI=1S/C15H28O2/c1-5-7-8-9-10-13(3)15(6-2)11-12-17-14(4)16/h10,15H,5-9,11-12H2,1-4H3. The van der Waals surface area contributed by atoms with E-state index in [-0.39, 0.29) is 5.97 Å². The average Bonchev–Trinajstić information content (AvgIpc) is 2.29. The largest absolute Gasteiger partial charge is 0.466 e. The first-order valence-corrected chi connectivity index (χ1v) is 6.91. The van der Waals surface area contributed by atoms with Crippen molar-refractivity contribution in [2.45, 2.75) is 66.2 Å². The molecule has 0 heterocycles. The molecular formula is C15H28O2. The van der Waals surface area contributed by atoms with E-state index in [0.717, 1.165) is 12.8 Å². The van der Waals surface area contributed by atoms with Gasteiger partial charge in [0.25, 0.3) is 0 Å². The third-order valence-corrected chi connectivity index (χ3v) is 3.18. The molecule has 0 saturated carbocycles. The molecule has 17 heavy (non-hydrogen) atoms. The van der Waals surface area contributed by atoms with E-state index >= 15 is 0 Å². The van der Waals surface area contributed by atoms with Gasteiger partial charge in [-0.1, -0.05) is 38.3 Å². The molecule has 0 fully saturated rings. The Morgan fingerprint density at radius 2 is 1.94 bits per heavy atom. The fraction of sp³-hybridized carbons (Fsp3) is 0.800. The fourth-order valence-corrected chi connectivity index (χ4v) is 1.99. The number of rotatable bonds is 9. The number of carbonyl (C=O) groups is 1. The Kier molecular flexibility index (Phi) is 9.89. The van der Waals surface area contributed by atoms with Crippen LogP contribution in [-0.4, -0.2) is 12.6 Å². The number of hydrogen-bond acceptors (Lipinski definition) is 2. The second-order valence-electron chi connectivity index (χ2n) is 4.68. The van der Waals surface area contributed by atoms with E-state index in [1.54, 1.807) is 0 Å². The predicted molar refractivity (Wildman–Crippen MR) is 72.9 cm³/mol. The maximum Gasteiger partial charge on any atom is 0.302 e. The monoisotopic (exact) mass is 240 g/mol. The minimum Gasteiger partial charge on any atom is -0.466 e. The summed E-state index contributed by atoms with van der Waals surface area (Å²) in [6.45, 7) is 8.64. The van der Waals surface area contributed by atoms with Gasteiger partial charge < -0.3 is 4.74 Å². The van der Waals surface area contributed by atoms with Gasteiger partial charge in [0.1, 0.15) is 0 Å². The predicted octanol–water partition coefficient (Wildman–Crippen LogP) is 4.49. The van der Waals surface area contributed by atoms with Crippen molar-refractivity contribution in [3.8, 4) is 0 Å². The highest BCUT2D eigenvalue weighted by Crippen LogP contribution is 2.20. The molecule has 1 unspecified atom stereocenters. The van der Waals surface area contributed by atoms with Crippen LogP contribution in [0.25, 0.3) is 0 Å². The van der Waals surface area contributed by atoms with Crippen LogP contribution in [0.3, 0.4) is 0 Å². The molecule has 1 atom stereocenters. The van der Waals surface area contributed by atoms with Crippen LogP contribution in [0.5, 0.6) is 0 Å². The molecule has 0 aliphatic heterocycles. The van der Waals surface area contributed by atoms with Crippen molar-refractivity contribution in [1.82, 2.24) is 0 Å². The second-order valence-corrected chi connectivity index (χ2v) is 4.68. The fourth-order valence-electron chi connectivity index (χ4n) is 1.99. The summed E-state index contributed by atoms with van der Waals surface area (Å²) in [6.07, 6.45) is 9.49. The number of unbranched alkanes of at least 4 members (excludes halogenated alkanes) is 3. The summed E-state index contributed by atoms with van der Waals surface area (Å²) in [5.41, 5.74) is 1.45. The normalized spacial score (nSPS) is 13.5. The SMILES string of the molecule is CCCCCC=C(C)C(CC)CCOC(C)=O. The maximum atomic E-state index is 10.7. The van der Waals surface area contributed by atoms with Crippen LogP contribution in [-0.2, 0) is 9.53 Å². The Morgan fingerprint density at radius 3 is 2.47 bits per heavy atom. The topological polar surface area (TPSA) is 26.3 Å². The number of esters is 1. The van der Waals surface area contributed by atoms with E-state index in [1.807, 2.05) is 0 Å². The molecule has 100 valence electrons. The van der Waals surface area contributed by atoms with E-state index in [0.29, 0.717) is 12.5 Å². The molecule has 0 aromatic carbocycles. The Bertz CT molecular complexity index is 231. The molecule has 0 bridgehead atoms. The highest BCUT2D eigenvalue weighted by Gasteiger charge is 2.08. The molecule has 0 N–H and O–H groups in total. The van der Waals surface area contributed by atoms with Crippen molar-refractivity contribution in [2.24, 2.45) is 5.92 Å². The minimum absolute atomic E-state index is 0.176. The maximum absolute atomic E-state index is 10.7. The van der Waals surface area contributed by atoms with Gasteiger partial charge in [-0.05, 0) is 38.5 Å². The lowest BCUT2D eigenvalue weighted by molar-refractivity contribution is -0.141. The third-order valence-electron chi connectivity index (χ3n) is 3.18. The van der Waals surface area contributed by atoms with Crippen LogP contribution < -0.4 is 0 Å². The lowest BCUT2D eigenvalue weighted by Gasteiger charge is -2.15. The van der Waals surface area contributed by atoms with Crippen LogP contribution in [0.1, 0.15) is 66.2 Å². The average molecular weight is 240 g/mol. The first-order valence-electron chi connectivity index (χ1n) is 6.91. The number of hydrogen-bond donors (Lipinski definition) is 0. The van der Waals surface area contributed by atoms with Gasteiger partial charge in [-0.2, -0.15) is 0 Å². The molecule has 0 saturated heterocycles. The van der Waals surface area contributed by atoms with E-state index in [1.165, 1.54) is 38.2 Å². The molecule has 0 spiro atoms. The molecule has 0 amide bonds. The smallest absolute Gasteiger partial charge is 0.302 e. The summed E-state index contributed by atoms with van der Waals surface area (Å²) in [7, 11) is 0. The van der Waals surface area contributed by atoms with Crippen LogP contribution in [0.4, 0.5) is 0 Å². The van der Waals surface area contributed by atoms with Crippen molar-refractivity contribution in [3.63, 3.8) is 0 Å². The van der Waals surface area contributed by atoms with E-state index in [2.05, 4.69) is 26.8 Å². The lowest BCUT2D eigenvalue weighted by atomic mass is 9.93. The van der Waals surface area contributed by atoms with Gasteiger partial charge in [-0.3, -0.25) is 4.79 Å². The van der Waals surface area contributed by atoms with Gasteiger partial charge in [0.05, 0.1) is 6.61 Å². The summed E-state index contributed by atoms with van der Waals surface area (Å²) in [6, 6.07) is 0. The van der Waals surface area contributed by atoms with Crippen molar-refractivity contribution in [1.29, 1.82) is 0 Å². The molecule has 0 rings (SSSR count). The summed E-state index contributed by atoms with van der Waals surface area (Å²) < 4.78 is 5.00. The van der Waals surface area contributed by atoms with Crippen molar-refractivity contribution in [3.05, 3.63) is 11.6 Å². The molecule has 0 radical (unpaired) electrons. The summed E-state index contributed by atoms with van der Waals surface area (Å²) in [4.78, 5) is 10.7. The number of ether oxygens (including phenoxy) is 1. The van der Waals surface area contributed by atoms with E-state index in [9.17, 15) is 4.79 Å². The van der Waals surface area contributed by atoms with Gasteiger partial charge in [0, 0.05) is 6.92 Å². The molecule has 0 aliphatic carbocycles. The molecule has 2 heteroatoms. The summed E-state index contributed by atoms with van der Waals surface area (Å²) in [5.74, 6) is 0.389. The Balaban J connectivity index is 3.92. The second kappa shape index (κ2) is 10.4. The van der Waals surface area contributed by atoms with Crippen LogP contribution in [0.15, 0.2) is 11.6 Å². The minimum atomic E-state index is -0.176. The zero-order chi connectivity index (χ0) is 13.1.